The molecule has 7 nitrogen and oxygen atoms in total. The van der Waals surface area contributed by atoms with Gasteiger partial charge in [-0.15, -0.1) is 0 Å². The molecule has 0 saturated heterocycles. The van der Waals surface area contributed by atoms with Gasteiger partial charge in [-0.25, -0.2) is 4.98 Å². The fourth-order valence-corrected chi connectivity index (χ4v) is 3.36. The Labute approximate surface area is 241 Å². The molecule has 1 heterocycles. The lowest BCUT2D eigenvalue weighted by Gasteiger charge is -2.06. The molecule has 0 saturated carbocycles. The number of Topliss-reactive ketones (excluding diaryl/α,β-unsaturated/α-hetero) is 1. The minimum absolute atomic E-state index is 0.0511. The minimum Gasteiger partial charge on any atom is -0.478 e. The average Bonchev–Trinajstić information content (AvgIpc) is 3.33. The molecule has 0 atom stereocenters. The second-order valence-electron chi connectivity index (χ2n) is 7.32. The third-order valence-corrected chi connectivity index (χ3v) is 6.73. The molecule has 0 aliphatic carbocycles. The van der Waals surface area contributed by atoms with E-state index in [2.05, 4.69) is 67.9 Å². The number of carbonyl (C=O) groups excluding carboxylic acids is 1. The number of rotatable bonds is 4. The zero-order chi connectivity index (χ0) is 29.3. The van der Waals surface area contributed by atoms with Crippen molar-refractivity contribution in [3.05, 3.63) is 66.1 Å². The van der Waals surface area contributed by atoms with Crippen LogP contribution >= 0.6 is 45.2 Å². The summed E-state index contributed by atoms with van der Waals surface area (Å²) in [6, 6.07) is 11.1. The van der Waals surface area contributed by atoms with Gasteiger partial charge in [0.05, 0.1) is 13.2 Å². The molecule has 4 N–H and O–H groups in total. The summed E-state index contributed by atoms with van der Waals surface area (Å²) in [6.45, 7) is 5.43. The third-order valence-electron chi connectivity index (χ3n) is 4.41. The van der Waals surface area contributed by atoms with Crippen LogP contribution in [0.5, 0.6) is 0 Å². The molecule has 0 aliphatic rings. The summed E-state index contributed by atoms with van der Waals surface area (Å²) < 4.78 is 77.3. The fraction of sp³-hybridized carbons (Fsp3) is 0.304. The first-order chi connectivity index (χ1) is 17.5. The van der Waals surface area contributed by atoms with Gasteiger partial charge in [-0.05, 0) is 95.3 Å². The van der Waals surface area contributed by atoms with Crippen LogP contribution in [0.4, 0.5) is 26.3 Å². The van der Waals surface area contributed by atoms with Crippen LogP contribution in [0, 0.1) is 26.4 Å². The highest BCUT2D eigenvalue weighted by Crippen LogP contribution is 2.28. The molecule has 0 unspecified atom stereocenters. The zero-order valence-electron chi connectivity index (χ0n) is 20.2. The summed E-state index contributed by atoms with van der Waals surface area (Å²) in [7, 11) is 0. The van der Waals surface area contributed by atoms with Crippen molar-refractivity contribution in [2.75, 3.05) is 13.2 Å². The second kappa shape index (κ2) is 14.8. The first-order valence-electron chi connectivity index (χ1n) is 10.5. The molecule has 1 aromatic heterocycles. The molecule has 0 fully saturated rings. The van der Waals surface area contributed by atoms with E-state index in [1.165, 1.54) is 9.13 Å². The molecule has 0 spiro atoms. The Bertz CT molecular complexity index is 1250. The summed E-state index contributed by atoms with van der Waals surface area (Å²) in [5, 5.41) is 13.0. The number of ketones is 1. The SMILES string of the molecule is CCOC(=N)c1ccc(C)c(I)c1.Cc1ccc(-c2n[nH]c(C(F)(F)F)n2)cc1I.NCC(=O)C(F)(F)F. The van der Waals surface area contributed by atoms with Gasteiger partial charge in [0.15, 0.2) is 5.82 Å². The van der Waals surface area contributed by atoms with Gasteiger partial charge in [0.2, 0.25) is 17.5 Å². The van der Waals surface area contributed by atoms with Crippen LogP contribution in [0.1, 0.15) is 29.4 Å². The highest BCUT2D eigenvalue weighted by molar-refractivity contribution is 14.1. The number of aromatic nitrogens is 3. The maximum atomic E-state index is 12.3. The number of nitrogens with one attached hydrogen (secondary N) is 2. The van der Waals surface area contributed by atoms with E-state index in [0.29, 0.717) is 12.2 Å². The molecule has 208 valence electrons. The van der Waals surface area contributed by atoms with Crippen molar-refractivity contribution < 1.29 is 35.9 Å². The number of hydrogen-bond acceptors (Lipinski definition) is 6. The Morgan fingerprint density at radius 1 is 1.03 bits per heavy atom. The minimum atomic E-state index is -4.76. The molecule has 0 radical (unpaired) electrons. The van der Waals surface area contributed by atoms with Gasteiger partial charge in [0, 0.05) is 18.3 Å². The van der Waals surface area contributed by atoms with E-state index in [4.69, 9.17) is 10.1 Å². The first kappa shape index (κ1) is 33.7. The molecular formula is C23H23F6I2N5O2. The number of ether oxygens (including phenoxy) is 1. The first-order valence-corrected chi connectivity index (χ1v) is 12.7. The number of benzene rings is 2. The molecule has 0 aliphatic heterocycles. The maximum Gasteiger partial charge on any atom is 0.451 e. The number of alkyl halides is 6. The third kappa shape index (κ3) is 10.8. The maximum absolute atomic E-state index is 12.3. The van der Waals surface area contributed by atoms with Crippen LogP contribution in [0.2, 0.25) is 0 Å². The van der Waals surface area contributed by atoms with E-state index in [9.17, 15) is 31.1 Å². The van der Waals surface area contributed by atoms with Crippen molar-refractivity contribution in [1.82, 2.24) is 15.2 Å². The molecular weight excluding hydrogens is 746 g/mol. The largest absolute Gasteiger partial charge is 0.478 e. The summed E-state index contributed by atoms with van der Waals surface area (Å²) in [5.74, 6) is -2.67. The lowest BCUT2D eigenvalue weighted by Crippen LogP contribution is -2.29. The highest BCUT2D eigenvalue weighted by Gasteiger charge is 2.36. The lowest BCUT2D eigenvalue weighted by molar-refractivity contribution is -0.169. The normalized spacial score (nSPS) is 11.1. The summed E-state index contributed by atoms with van der Waals surface area (Å²) in [4.78, 5) is 13.0. The van der Waals surface area contributed by atoms with Crippen molar-refractivity contribution in [3.8, 4) is 11.4 Å². The number of halogens is 8. The predicted molar refractivity (Wildman–Crippen MR) is 147 cm³/mol. The Hall–Kier alpha value is -2.28. The van der Waals surface area contributed by atoms with Gasteiger partial charge in [-0.2, -0.15) is 31.4 Å². The summed E-state index contributed by atoms with van der Waals surface area (Å²) in [5.41, 5.74) is 8.08. The van der Waals surface area contributed by atoms with Crippen molar-refractivity contribution in [2.24, 2.45) is 5.73 Å². The van der Waals surface area contributed by atoms with Gasteiger partial charge in [0.1, 0.15) is 0 Å². The van der Waals surface area contributed by atoms with Crippen LogP contribution in [0.15, 0.2) is 36.4 Å². The number of aromatic amines is 1. The van der Waals surface area contributed by atoms with E-state index < -0.39 is 30.5 Å². The molecule has 0 bridgehead atoms. The van der Waals surface area contributed by atoms with E-state index in [1.807, 2.05) is 43.2 Å². The van der Waals surface area contributed by atoms with Crippen molar-refractivity contribution >= 4 is 56.9 Å². The van der Waals surface area contributed by atoms with Gasteiger partial charge < -0.3 is 10.5 Å². The molecule has 3 rings (SSSR count). The summed E-state index contributed by atoms with van der Waals surface area (Å²) in [6.07, 6.45) is -9.25. The van der Waals surface area contributed by atoms with E-state index in [-0.39, 0.29) is 11.7 Å². The Morgan fingerprint density at radius 2 is 1.58 bits per heavy atom. The van der Waals surface area contributed by atoms with Crippen LogP contribution < -0.4 is 5.73 Å². The molecule has 2 aromatic carbocycles. The molecule has 3 aromatic rings. The van der Waals surface area contributed by atoms with Crippen LogP contribution in [0.3, 0.4) is 0 Å². The number of H-pyrrole nitrogens is 1. The lowest BCUT2D eigenvalue weighted by atomic mass is 10.1. The van der Waals surface area contributed by atoms with Gasteiger partial charge in [-0.1, -0.05) is 18.2 Å². The Balaban J connectivity index is 0.000000306. The number of hydrogen-bond donors (Lipinski definition) is 3. The number of nitrogens with two attached hydrogens (primary N) is 1. The van der Waals surface area contributed by atoms with Crippen molar-refractivity contribution in [1.29, 1.82) is 5.41 Å². The Morgan fingerprint density at radius 3 is 1.97 bits per heavy atom. The second-order valence-corrected chi connectivity index (χ2v) is 9.64. The average molecular weight is 769 g/mol. The van der Waals surface area contributed by atoms with Crippen molar-refractivity contribution in [2.45, 2.75) is 33.1 Å². The fourth-order valence-electron chi connectivity index (χ4n) is 2.33. The smallest absolute Gasteiger partial charge is 0.451 e. The topological polar surface area (TPSA) is 118 Å². The zero-order valence-corrected chi connectivity index (χ0v) is 24.5. The monoisotopic (exact) mass is 769 g/mol. The number of aryl methyl sites for hydroxylation is 2. The van der Waals surface area contributed by atoms with Crippen LogP contribution in [-0.2, 0) is 15.7 Å². The predicted octanol–water partition coefficient (Wildman–Crippen LogP) is 6.44. The number of nitrogens with zero attached hydrogens (tertiary/aromatic N) is 2. The standard InChI is InChI=1S/C10H7F3IN3.C10H12INO.C3H4F3NO/c1-5-2-3-6(4-7(5)14)8-15-9(17-16-8)10(11,12)13;1-3-13-10(12)8-5-4-7(2)9(11)6-8;4-3(5,6)2(8)1-7/h2-4H,1H3,(H,15,16,17);4-6,12H,3H2,1-2H3;1,7H2. The molecule has 38 heavy (non-hydrogen) atoms. The molecule has 0 amide bonds. The van der Waals surface area contributed by atoms with E-state index in [0.717, 1.165) is 14.7 Å². The Kier molecular flexibility index (Phi) is 13.1. The molecule has 15 heteroatoms. The summed E-state index contributed by atoms with van der Waals surface area (Å²) >= 11 is 4.37. The van der Waals surface area contributed by atoms with E-state index in [1.54, 1.807) is 12.1 Å². The van der Waals surface area contributed by atoms with Crippen LogP contribution in [-0.4, -0.2) is 46.2 Å². The van der Waals surface area contributed by atoms with E-state index >= 15 is 0 Å². The van der Waals surface area contributed by atoms with Gasteiger partial charge in [-0.3, -0.25) is 15.3 Å². The number of carbonyl (C=O) groups is 1. The highest BCUT2D eigenvalue weighted by atomic mass is 127. The van der Waals surface area contributed by atoms with Gasteiger partial charge >= 0.3 is 12.4 Å². The van der Waals surface area contributed by atoms with Crippen molar-refractivity contribution in [3.63, 3.8) is 0 Å². The van der Waals surface area contributed by atoms with Crippen LogP contribution in [0.25, 0.3) is 11.4 Å². The van der Waals surface area contributed by atoms with Gasteiger partial charge in [0.25, 0.3) is 0 Å². The quantitative estimate of drug-likeness (QED) is 0.122.